The maximum atomic E-state index is 12.6. The molecule has 1 aliphatic carbocycles. The van der Waals surface area contributed by atoms with E-state index < -0.39 is 0 Å². The monoisotopic (exact) mass is 316 g/mol. The van der Waals surface area contributed by atoms with Gasteiger partial charge in [-0.3, -0.25) is 4.79 Å². The number of aliphatic hydroxyl groups excluding tert-OH is 1. The molecule has 1 N–H and O–H groups in total. The van der Waals surface area contributed by atoms with Crippen molar-refractivity contribution in [2.75, 3.05) is 13.2 Å². The number of rotatable bonds is 6. The van der Waals surface area contributed by atoms with Crippen LogP contribution in [0.4, 0.5) is 0 Å². The first-order valence-corrected chi connectivity index (χ1v) is 8.62. The minimum absolute atomic E-state index is 0.0357. The number of aliphatic hydroxyl groups is 1. The fourth-order valence-corrected chi connectivity index (χ4v) is 3.74. The molecule has 0 aromatic carbocycles. The molecule has 0 amide bonds. The molecular weight excluding hydrogens is 288 g/mol. The van der Waals surface area contributed by atoms with Crippen LogP contribution >= 0.6 is 0 Å². The molecule has 0 saturated carbocycles. The lowest BCUT2D eigenvalue weighted by atomic mass is 9.77. The summed E-state index contributed by atoms with van der Waals surface area (Å²) >= 11 is 0. The summed E-state index contributed by atoms with van der Waals surface area (Å²) in [6.45, 7) is 11.3. The maximum absolute atomic E-state index is 12.6. The van der Waals surface area contributed by atoms with Gasteiger partial charge in [0.25, 0.3) is 0 Å². The number of carbonyl (C=O) groups excluding carboxylic acids is 1. The molecule has 0 radical (unpaired) electrons. The first kappa shape index (κ1) is 17.7. The third-order valence-electron chi connectivity index (χ3n) is 4.98. The summed E-state index contributed by atoms with van der Waals surface area (Å²) in [5.41, 5.74) is 2.16. The highest BCUT2D eigenvalue weighted by molar-refractivity contribution is 6.02. The Morgan fingerprint density at radius 1 is 1.22 bits per heavy atom. The van der Waals surface area contributed by atoms with Crippen LogP contribution in [-0.2, 0) is 9.53 Å². The zero-order chi connectivity index (χ0) is 16.8. The smallest absolute Gasteiger partial charge is 0.167 e. The van der Waals surface area contributed by atoms with E-state index in [1.807, 2.05) is 6.92 Å². The number of hydrogen-bond donors (Lipinski definition) is 1. The first-order valence-electron chi connectivity index (χ1n) is 8.62. The standard InChI is InChI=1S/C20H28O3/c1-4-16(5-2)17(6-3)20-18(21)12-15(13-19(20)22)11-14-7-9-23-10-8-14/h4,6,14-15,21H,1,3,5,7-13H2,2H3/b17-16-. The van der Waals surface area contributed by atoms with Crippen molar-refractivity contribution in [2.24, 2.45) is 11.8 Å². The van der Waals surface area contributed by atoms with Gasteiger partial charge in [-0.2, -0.15) is 0 Å². The van der Waals surface area contributed by atoms with Gasteiger partial charge >= 0.3 is 0 Å². The average Bonchev–Trinajstić information content (AvgIpc) is 2.54. The van der Waals surface area contributed by atoms with E-state index in [1.165, 1.54) is 0 Å². The van der Waals surface area contributed by atoms with Crippen molar-refractivity contribution in [3.63, 3.8) is 0 Å². The summed E-state index contributed by atoms with van der Waals surface area (Å²) < 4.78 is 5.39. The normalized spacial score (nSPS) is 24.4. The average molecular weight is 316 g/mol. The predicted molar refractivity (Wildman–Crippen MR) is 93.3 cm³/mol. The fourth-order valence-electron chi connectivity index (χ4n) is 3.74. The second kappa shape index (κ2) is 8.30. The third kappa shape index (κ3) is 4.23. The summed E-state index contributed by atoms with van der Waals surface area (Å²) in [4.78, 5) is 12.6. The number of ketones is 1. The highest BCUT2D eigenvalue weighted by atomic mass is 16.5. The van der Waals surface area contributed by atoms with Gasteiger partial charge < -0.3 is 9.84 Å². The largest absolute Gasteiger partial charge is 0.512 e. The van der Waals surface area contributed by atoms with E-state index in [2.05, 4.69) is 13.2 Å². The van der Waals surface area contributed by atoms with E-state index in [0.717, 1.165) is 50.0 Å². The van der Waals surface area contributed by atoms with E-state index in [1.54, 1.807) is 12.2 Å². The van der Waals surface area contributed by atoms with Crippen molar-refractivity contribution in [1.82, 2.24) is 0 Å². The fraction of sp³-hybridized carbons (Fsp3) is 0.550. The molecule has 1 unspecified atom stereocenters. The summed E-state index contributed by atoms with van der Waals surface area (Å²) in [6, 6.07) is 0. The Morgan fingerprint density at radius 3 is 2.43 bits per heavy atom. The lowest BCUT2D eigenvalue weighted by Crippen LogP contribution is -2.25. The number of allylic oxidation sites excluding steroid dienone is 6. The van der Waals surface area contributed by atoms with Crippen LogP contribution < -0.4 is 0 Å². The first-order chi connectivity index (χ1) is 11.1. The van der Waals surface area contributed by atoms with Gasteiger partial charge in [0, 0.05) is 26.1 Å². The molecule has 0 aromatic rings. The zero-order valence-electron chi connectivity index (χ0n) is 14.1. The minimum atomic E-state index is 0.0357. The lowest BCUT2D eigenvalue weighted by Gasteiger charge is -2.29. The lowest BCUT2D eigenvalue weighted by molar-refractivity contribution is -0.117. The van der Waals surface area contributed by atoms with Gasteiger partial charge in [0.15, 0.2) is 5.78 Å². The van der Waals surface area contributed by atoms with Crippen molar-refractivity contribution in [1.29, 1.82) is 0 Å². The third-order valence-corrected chi connectivity index (χ3v) is 4.98. The molecule has 126 valence electrons. The molecule has 23 heavy (non-hydrogen) atoms. The SMILES string of the molecule is C=C/C(CC)=C(\C=C)C1=C(O)CC(CC2CCOCC2)CC1=O. The summed E-state index contributed by atoms with van der Waals surface area (Å²) in [6.07, 6.45) is 8.42. The van der Waals surface area contributed by atoms with Gasteiger partial charge in [-0.15, -0.1) is 0 Å². The van der Waals surface area contributed by atoms with Crippen molar-refractivity contribution in [2.45, 2.75) is 45.4 Å². The minimum Gasteiger partial charge on any atom is -0.512 e. The van der Waals surface area contributed by atoms with Crippen LogP contribution in [-0.4, -0.2) is 24.1 Å². The molecule has 3 nitrogen and oxygen atoms in total. The number of carbonyl (C=O) groups is 1. The quantitative estimate of drug-likeness (QED) is 0.724. The van der Waals surface area contributed by atoms with Gasteiger partial charge in [0.05, 0.1) is 5.57 Å². The molecule has 0 spiro atoms. The van der Waals surface area contributed by atoms with Crippen molar-refractivity contribution >= 4 is 5.78 Å². The molecule has 0 bridgehead atoms. The molecule has 1 aliphatic heterocycles. The van der Waals surface area contributed by atoms with E-state index in [-0.39, 0.29) is 17.5 Å². The zero-order valence-corrected chi connectivity index (χ0v) is 14.1. The van der Waals surface area contributed by atoms with Crippen LogP contribution in [0, 0.1) is 11.8 Å². The number of ether oxygens (including phenoxy) is 1. The summed E-state index contributed by atoms with van der Waals surface area (Å²) in [7, 11) is 0. The predicted octanol–water partition coefficient (Wildman–Crippen LogP) is 4.67. The molecule has 3 heteroatoms. The molecule has 2 rings (SSSR count). The molecule has 2 aliphatic rings. The van der Waals surface area contributed by atoms with Gasteiger partial charge in [-0.1, -0.05) is 32.2 Å². The highest BCUT2D eigenvalue weighted by Gasteiger charge is 2.31. The Balaban J connectivity index is 2.18. The Labute approximate surface area is 139 Å². The number of Topliss-reactive ketones (excluding diaryl/α,β-unsaturated/α-hetero) is 1. The second-order valence-electron chi connectivity index (χ2n) is 6.51. The van der Waals surface area contributed by atoms with Gasteiger partial charge in [0.2, 0.25) is 0 Å². The Bertz CT molecular complexity index is 533. The van der Waals surface area contributed by atoms with E-state index >= 15 is 0 Å². The van der Waals surface area contributed by atoms with E-state index in [4.69, 9.17) is 4.74 Å². The van der Waals surface area contributed by atoms with Crippen molar-refractivity contribution in [3.05, 3.63) is 47.8 Å². The van der Waals surface area contributed by atoms with Crippen molar-refractivity contribution < 1.29 is 14.6 Å². The summed E-state index contributed by atoms with van der Waals surface area (Å²) in [5.74, 6) is 1.12. The summed E-state index contributed by atoms with van der Waals surface area (Å²) in [5, 5.41) is 10.5. The van der Waals surface area contributed by atoms with E-state index in [0.29, 0.717) is 24.3 Å². The van der Waals surface area contributed by atoms with Gasteiger partial charge in [-0.05, 0) is 48.7 Å². The Morgan fingerprint density at radius 2 is 1.91 bits per heavy atom. The highest BCUT2D eigenvalue weighted by Crippen LogP contribution is 2.36. The topological polar surface area (TPSA) is 46.5 Å². The van der Waals surface area contributed by atoms with Crippen LogP contribution in [0.25, 0.3) is 0 Å². The molecule has 1 fully saturated rings. The molecule has 1 saturated heterocycles. The second-order valence-corrected chi connectivity index (χ2v) is 6.51. The Kier molecular flexibility index (Phi) is 6.40. The molecule has 0 aromatic heterocycles. The van der Waals surface area contributed by atoms with Crippen LogP contribution in [0.3, 0.4) is 0 Å². The maximum Gasteiger partial charge on any atom is 0.167 e. The van der Waals surface area contributed by atoms with Crippen molar-refractivity contribution in [3.8, 4) is 0 Å². The van der Waals surface area contributed by atoms with Gasteiger partial charge in [0.1, 0.15) is 5.76 Å². The molecular formula is C20H28O3. The van der Waals surface area contributed by atoms with E-state index in [9.17, 15) is 9.90 Å². The molecule has 1 heterocycles. The van der Waals surface area contributed by atoms with Crippen LogP contribution in [0.5, 0.6) is 0 Å². The Hall–Kier alpha value is -1.61. The number of hydrogen-bond acceptors (Lipinski definition) is 3. The van der Waals surface area contributed by atoms with Gasteiger partial charge in [-0.25, -0.2) is 0 Å². The van der Waals surface area contributed by atoms with Crippen LogP contribution in [0.1, 0.15) is 45.4 Å². The van der Waals surface area contributed by atoms with Crippen LogP contribution in [0.15, 0.2) is 47.8 Å². The van der Waals surface area contributed by atoms with Crippen LogP contribution in [0.2, 0.25) is 0 Å². The molecule has 1 atom stereocenters.